The maximum absolute atomic E-state index is 8.49. The van der Waals surface area contributed by atoms with E-state index in [1.54, 1.807) is 11.3 Å². The summed E-state index contributed by atoms with van der Waals surface area (Å²) in [6.45, 7) is 9.38. The van der Waals surface area contributed by atoms with Crippen molar-refractivity contribution in [3.8, 4) is 0 Å². The third-order valence-electron chi connectivity index (χ3n) is 3.23. The summed E-state index contributed by atoms with van der Waals surface area (Å²) >= 11 is 1.60. The molecule has 1 heterocycles. The van der Waals surface area contributed by atoms with Gasteiger partial charge in [-0.1, -0.05) is 0 Å². The van der Waals surface area contributed by atoms with Gasteiger partial charge in [0.05, 0.1) is 11.7 Å². The molecule has 0 aliphatic rings. The molecule has 2 aromatic rings. The van der Waals surface area contributed by atoms with Crippen molar-refractivity contribution in [2.24, 2.45) is 10.2 Å². The Morgan fingerprint density at radius 1 is 1.00 bits per heavy atom. The van der Waals surface area contributed by atoms with Crippen molar-refractivity contribution in [3.63, 3.8) is 0 Å². The van der Waals surface area contributed by atoms with Gasteiger partial charge in [0, 0.05) is 24.2 Å². The van der Waals surface area contributed by atoms with Gasteiger partial charge in [-0.05, 0) is 61.5 Å². The highest BCUT2D eigenvalue weighted by Crippen LogP contribution is 2.22. The maximum Gasteiger partial charge on any atom is 0.408 e. The Bertz CT molecular complexity index is 648. The molecule has 25 heavy (non-hydrogen) atoms. The maximum atomic E-state index is 8.49. The van der Waals surface area contributed by atoms with E-state index in [2.05, 4.69) is 52.6 Å². The lowest BCUT2D eigenvalue weighted by Crippen LogP contribution is -2.68. The van der Waals surface area contributed by atoms with Gasteiger partial charge in [-0.15, -0.1) is 10.2 Å². The van der Waals surface area contributed by atoms with Crippen molar-refractivity contribution < 1.29 is 33.4 Å². The van der Waals surface area contributed by atoms with Crippen LogP contribution in [0.3, 0.4) is 0 Å². The molecule has 0 spiro atoms. The first kappa shape index (κ1) is 21.4. The molecule has 0 atom stereocenters. The van der Waals surface area contributed by atoms with Gasteiger partial charge < -0.3 is 4.90 Å². The van der Waals surface area contributed by atoms with Crippen molar-refractivity contribution in [1.82, 2.24) is 0 Å². The fourth-order valence-corrected chi connectivity index (χ4v) is 2.78. The molecule has 0 unspecified atom stereocenters. The second kappa shape index (κ2) is 10.4. The number of hydrogen-bond acceptors (Lipinski definition) is 8. The van der Waals surface area contributed by atoms with E-state index in [1.165, 1.54) is 5.69 Å². The first-order valence-corrected chi connectivity index (χ1v) is 9.75. The van der Waals surface area contributed by atoms with Gasteiger partial charge in [0.2, 0.25) is 0 Å². The normalized spacial score (nSPS) is 11.3. The van der Waals surface area contributed by atoms with E-state index >= 15 is 0 Å². The van der Waals surface area contributed by atoms with Crippen molar-refractivity contribution >= 4 is 27.8 Å². The molecule has 0 aliphatic carbocycles. The van der Waals surface area contributed by atoms with Crippen LogP contribution in [0.15, 0.2) is 46.1 Å². The largest absolute Gasteiger partial charge is 0.408 e. The fraction of sp³-hybridized carbons (Fsp3) is 0.400. The summed E-state index contributed by atoms with van der Waals surface area (Å²) in [7, 11) is -4.94. The molecule has 0 bridgehead atoms. The molecule has 0 radical (unpaired) electrons. The topological polar surface area (TPSA) is 124 Å². The number of nitrogens with zero attached hydrogens (tertiary/aromatic N) is 4. The Labute approximate surface area is 153 Å². The van der Waals surface area contributed by atoms with E-state index in [0.717, 1.165) is 30.5 Å². The van der Waals surface area contributed by atoms with Crippen LogP contribution in [0.1, 0.15) is 20.8 Å². The van der Waals surface area contributed by atoms with Crippen LogP contribution in [-0.4, -0.2) is 13.1 Å². The third-order valence-corrected chi connectivity index (χ3v) is 4.01. The van der Waals surface area contributed by atoms with E-state index < -0.39 is 10.2 Å². The quantitative estimate of drug-likeness (QED) is 0.490. The summed E-state index contributed by atoms with van der Waals surface area (Å²) in [5.74, 6) is 0. The van der Waals surface area contributed by atoms with Crippen molar-refractivity contribution in [2.75, 3.05) is 18.0 Å². The predicted octanol–water partition coefficient (Wildman–Crippen LogP) is -0.439. The number of azo groups is 1. The Hall–Kier alpha value is -1.62. The highest BCUT2D eigenvalue weighted by atomic mass is 35.7. The van der Waals surface area contributed by atoms with Gasteiger partial charge in [0.25, 0.3) is 0 Å². The summed E-state index contributed by atoms with van der Waals surface area (Å²) in [6, 6.07) is 8.23. The zero-order chi connectivity index (χ0) is 18.9. The highest BCUT2D eigenvalue weighted by molar-refractivity contribution is 7.12. The molecule has 138 valence electrons. The monoisotopic (exact) mass is 388 g/mol. The van der Waals surface area contributed by atoms with Gasteiger partial charge in [-0.25, -0.2) is 23.2 Å². The fourth-order valence-electron chi connectivity index (χ4n) is 2.04. The van der Waals surface area contributed by atoms with Crippen LogP contribution in [-0.2, 0) is 6.54 Å². The van der Waals surface area contributed by atoms with Crippen LogP contribution in [0.2, 0.25) is 0 Å². The molecule has 0 fully saturated rings. The zero-order valence-corrected chi connectivity index (χ0v) is 15.9. The average Bonchev–Trinajstić information content (AvgIpc) is 3.01. The Morgan fingerprint density at radius 2 is 1.56 bits per heavy atom. The van der Waals surface area contributed by atoms with Crippen LogP contribution in [0.4, 0.5) is 16.5 Å². The number of benzene rings is 1. The number of anilines is 1. The lowest BCUT2D eigenvalue weighted by Gasteiger charge is -2.20. The summed E-state index contributed by atoms with van der Waals surface area (Å²) in [4.78, 5) is 2.31. The third kappa shape index (κ3) is 8.34. The minimum Gasteiger partial charge on any atom is -0.372 e. The van der Waals surface area contributed by atoms with Crippen LogP contribution in [0.5, 0.6) is 0 Å². The molecule has 1 aromatic carbocycles. The Kier molecular flexibility index (Phi) is 8.90. The Balaban J connectivity index is 0.000000550. The highest BCUT2D eigenvalue weighted by Gasteiger charge is 2.09. The first-order chi connectivity index (χ1) is 11.8. The number of halogens is 1. The average molecular weight is 389 g/mol. The molecule has 10 heteroatoms. The zero-order valence-electron chi connectivity index (χ0n) is 14.3. The van der Waals surface area contributed by atoms with Gasteiger partial charge in [-0.3, -0.25) is 0 Å². The van der Waals surface area contributed by atoms with Gasteiger partial charge in [0.15, 0.2) is 0 Å². The van der Waals surface area contributed by atoms with Crippen LogP contribution in [0, 0.1) is 10.2 Å². The Morgan fingerprint density at radius 3 is 2.04 bits per heavy atom. The van der Waals surface area contributed by atoms with E-state index in [9.17, 15) is 0 Å². The number of aryl methyl sites for hydroxylation is 1. The van der Waals surface area contributed by atoms with Crippen molar-refractivity contribution in [2.45, 2.75) is 27.3 Å². The SMILES string of the molecule is CCN(CC)c1ccc(N=Nc2scc[n+]2CC)cc1.[O-][Cl+3]([O-])([O-])[O-]. The number of thiazole rings is 1. The van der Waals surface area contributed by atoms with Crippen molar-refractivity contribution in [1.29, 1.82) is 0 Å². The van der Waals surface area contributed by atoms with E-state index in [1.807, 2.05) is 23.7 Å². The lowest BCUT2D eigenvalue weighted by atomic mass is 10.2. The first-order valence-electron chi connectivity index (χ1n) is 7.63. The van der Waals surface area contributed by atoms with Crippen LogP contribution in [0.25, 0.3) is 0 Å². The molecular weight excluding hydrogens is 368 g/mol. The minimum atomic E-state index is -4.94. The molecule has 0 aliphatic heterocycles. The standard InChI is InChI=1S/C15H21N4S.ClHO4/c1-4-18(5-2)14-9-7-13(8-10-14)16-17-15-19(6-3)11-12-20-15;2-1(3,4)5/h7-12H,4-6H2,1-3H3;(H,2,3,4,5)/q+1;/p-1. The van der Waals surface area contributed by atoms with Crippen LogP contribution < -0.4 is 28.1 Å². The molecular formula is C15H21ClN4O4S. The van der Waals surface area contributed by atoms with Gasteiger partial charge in [0.1, 0.15) is 11.9 Å². The predicted molar refractivity (Wildman–Crippen MR) is 84.4 cm³/mol. The molecule has 1 aromatic heterocycles. The minimum absolute atomic E-state index is 0.886. The molecule has 0 N–H and O–H groups in total. The number of rotatable bonds is 6. The lowest BCUT2D eigenvalue weighted by molar-refractivity contribution is -2.00. The second-order valence-corrected chi connectivity index (χ2v) is 6.37. The molecule has 0 amide bonds. The molecule has 8 nitrogen and oxygen atoms in total. The van der Waals surface area contributed by atoms with E-state index in [-0.39, 0.29) is 0 Å². The van der Waals surface area contributed by atoms with Gasteiger partial charge in [-0.2, -0.15) is 0 Å². The molecule has 0 saturated heterocycles. The summed E-state index contributed by atoms with van der Waals surface area (Å²) < 4.78 is 36.1. The summed E-state index contributed by atoms with van der Waals surface area (Å²) in [6.07, 6.45) is 2.03. The van der Waals surface area contributed by atoms with Gasteiger partial charge >= 0.3 is 5.13 Å². The second-order valence-electron chi connectivity index (χ2n) is 4.74. The number of aromatic nitrogens is 1. The van der Waals surface area contributed by atoms with E-state index in [0.29, 0.717) is 0 Å². The summed E-state index contributed by atoms with van der Waals surface area (Å²) in [5, 5.41) is 11.6. The van der Waals surface area contributed by atoms with Crippen LogP contribution >= 0.6 is 11.3 Å². The summed E-state index contributed by atoms with van der Waals surface area (Å²) in [5.41, 5.74) is 2.12. The number of hydrogen-bond donors (Lipinski definition) is 0. The molecule has 0 saturated carbocycles. The molecule has 2 rings (SSSR count). The smallest absolute Gasteiger partial charge is 0.372 e. The van der Waals surface area contributed by atoms with E-state index in [4.69, 9.17) is 18.6 Å². The van der Waals surface area contributed by atoms with Crippen molar-refractivity contribution in [3.05, 3.63) is 35.8 Å².